The van der Waals surface area contributed by atoms with Gasteiger partial charge in [-0.25, -0.2) is 0 Å². The highest BCUT2D eigenvalue weighted by Crippen LogP contribution is 2.34. The molecule has 0 N–H and O–H groups in total. The fourth-order valence-corrected chi connectivity index (χ4v) is 2.34. The monoisotopic (exact) mass is 307 g/mol. The fraction of sp³-hybridized carbons (Fsp3) is 0.278. The zero-order chi connectivity index (χ0) is 16.4. The summed E-state index contributed by atoms with van der Waals surface area (Å²) in [6, 6.07) is 9.18. The molecular formula is C18H17N3O2. The minimum atomic E-state index is -0.650. The van der Waals surface area contributed by atoms with Crippen molar-refractivity contribution in [2.24, 2.45) is 4.99 Å². The lowest BCUT2D eigenvalue weighted by Gasteiger charge is -2.33. The van der Waals surface area contributed by atoms with Crippen LogP contribution in [0.2, 0.25) is 0 Å². The van der Waals surface area contributed by atoms with E-state index in [9.17, 15) is 0 Å². The third kappa shape index (κ3) is 3.22. The maximum atomic E-state index is 8.81. The van der Waals surface area contributed by atoms with Crippen LogP contribution in [0.1, 0.15) is 36.2 Å². The van der Waals surface area contributed by atoms with Gasteiger partial charge in [0.25, 0.3) is 0 Å². The van der Waals surface area contributed by atoms with Gasteiger partial charge in [-0.15, -0.1) is 0 Å². The summed E-state index contributed by atoms with van der Waals surface area (Å²) in [6.45, 7) is 6.14. The SMILES string of the molecule is Cc1ncc(C=Nc2ccc(C#N)cc2)c2c1OC(C)(C)OC2. The van der Waals surface area contributed by atoms with Gasteiger partial charge in [0.05, 0.1) is 29.6 Å². The second-order valence-electron chi connectivity index (χ2n) is 5.81. The minimum absolute atomic E-state index is 0.459. The van der Waals surface area contributed by atoms with Crippen LogP contribution < -0.4 is 4.74 Å². The second-order valence-corrected chi connectivity index (χ2v) is 5.81. The van der Waals surface area contributed by atoms with Crippen molar-refractivity contribution in [2.75, 3.05) is 0 Å². The van der Waals surface area contributed by atoms with Gasteiger partial charge in [-0.05, 0) is 31.2 Å². The van der Waals surface area contributed by atoms with Crippen LogP contribution in [0.25, 0.3) is 0 Å². The normalized spacial score (nSPS) is 15.7. The molecule has 1 aliphatic heterocycles. The van der Waals surface area contributed by atoms with Crippen molar-refractivity contribution in [3.63, 3.8) is 0 Å². The molecule has 1 aromatic heterocycles. The third-order valence-electron chi connectivity index (χ3n) is 3.61. The maximum absolute atomic E-state index is 8.81. The number of hydrogen-bond acceptors (Lipinski definition) is 5. The molecule has 0 radical (unpaired) electrons. The Morgan fingerprint density at radius 3 is 2.74 bits per heavy atom. The molecule has 116 valence electrons. The highest BCUT2D eigenvalue weighted by molar-refractivity contribution is 5.84. The Balaban J connectivity index is 1.92. The molecule has 5 heteroatoms. The second kappa shape index (κ2) is 5.82. The quantitative estimate of drug-likeness (QED) is 0.794. The number of ether oxygens (including phenoxy) is 2. The highest BCUT2D eigenvalue weighted by atomic mass is 16.7. The van der Waals surface area contributed by atoms with Gasteiger partial charge in [0.2, 0.25) is 5.79 Å². The number of nitriles is 1. The van der Waals surface area contributed by atoms with E-state index in [4.69, 9.17) is 14.7 Å². The number of aliphatic imine (C=N–C) groups is 1. The molecule has 0 aliphatic carbocycles. The molecule has 0 spiro atoms. The van der Waals surface area contributed by atoms with E-state index < -0.39 is 5.79 Å². The molecule has 1 aliphatic rings. The lowest BCUT2D eigenvalue weighted by Crippen LogP contribution is -2.36. The number of rotatable bonds is 2. The summed E-state index contributed by atoms with van der Waals surface area (Å²) >= 11 is 0. The van der Waals surface area contributed by atoms with E-state index in [-0.39, 0.29) is 0 Å². The Bertz CT molecular complexity index is 802. The van der Waals surface area contributed by atoms with Gasteiger partial charge in [-0.3, -0.25) is 9.98 Å². The van der Waals surface area contributed by atoms with Gasteiger partial charge < -0.3 is 9.47 Å². The van der Waals surface area contributed by atoms with Crippen molar-refractivity contribution in [3.8, 4) is 11.8 Å². The molecule has 0 atom stereocenters. The number of nitrogens with zero attached hydrogens (tertiary/aromatic N) is 3. The molecule has 0 saturated carbocycles. The van der Waals surface area contributed by atoms with E-state index in [1.54, 1.807) is 36.7 Å². The number of fused-ring (bicyclic) bond motifs is 1. The van der Waals surface area contributed by atoms with E-state index in [0.29, 0.717) is 12.2 Å². The van der Waals surface area contributed by atoms with Gasteiger partial charge in [-0.1, -0.05) is 0 Å². The summed E-state index contributed by atoms with van der Waals surface area (Å²) in [4.78, 5) is 8.82. The van der Waals surface area contributed by atoms with Crippen molar-refractivity contribution in [3.05, 3.63) is 52.8 Å². The molecule has 0 saturated heterocycles. The van der Waals surface area contributed by atoms with Crippen LogP contribution in [0.3, 0.4) is 0 Å². The van der Waals surface area contributed by atoms with Crippen LogP contribution in [0.4, 0.5) is 5.69 Å². The van der Waals surface area contributed by atoms with Crippen molar-refractivity contribution in [1.82, 2.24) is 4.98 Å². The van der Waals surface area contributed by atoms with E-state index >= 15 is 0 Å². The van der Waals surface area contributed by atoms with Crippen LogP contribution in [0.15, 0.2) is 35.5 Å². The van der Waals surface area contributed by atoms with Crippen molar-refractivity contribution in [2.45, 2.75) is 33.2 Å². The number of benzene rings is 1. The fourth-order valence-electron chi connectivity index (χ4n) is 2.34. The molecule has 0 amide bonds. The average molecular weight is 307 g/mol. The summed E-state index contributed by atoms with van der Waals surface area (Å²) in [5.41, 5.74) is 4.05. The molecule has 23 heavy (non-hydrogen) atoms. The Morgan fingerprint density at radius 1 is 1.30 bits per heavy atom. The first-order valence-electron chi connectivity index (χ1n) is 7.34. The topological polar surface area (TPSA) is 67.5 Å². The van der Waals surface area contributed by atoms with Crippen LogP contribution in [0.5, 0.6) is 5.75 Å². The van der Waals surface area contributed by atoms with Crippen LogP contribution in [-0.2, 0) is 11.3 Å². The first-order chi connectivity index (χ1) is 11.0. The zero-order valence-electron chi connectivity index (χ0n) is 13.3. The summed E-state index contributed by atoms with van der Waals surface area (Å²) in [5.74, 6) is 0.118. The highest BCUT2D eigenvalue weighted by Gasteiger charge is 2.30. The lowest BCUT2D eigenvalue weighted by molar-refractivity contribution is -0.180. The predicted octanol–water partition coefficient (Wildman–Crippen LogP) is 3.66. The summed E-state index contributed by atoms with van der Waals surface area (Å²) in [6.07, 6.45) is 3.52. The van der Waals surface area contributed by atoms with Gasteiger partial charge >= 0.3 is 0 Å². The van der Waals surface area contributed by atoms with Crippen molar-refractivity contribution < 1.29 is 9.47 Å². The molecular weight excluding hydrogens is 290 g/mol. The minimum Gasteiger partial charge on any atom is -0.461 e. The standard InChI is InChI=1S/C18H17N3O2/c1-12-17-16(11-22-18(2,3)23-17)14(9-20-12)10-21-15-6-4-13(8-19)5-7-15/h4-7,9-10H,11H2,1-3H3. The smallest absolute Gasteiger partial charge is 0.205 e. The van der Waals surface area contributed by atoms with E-state index in [1.807, 2.05) is 20.8 Å². The van der Waals surface area contributed by atoms with E-state index in [2.05, 4.69) is 16.0 Å². The molecule has 5 nitrogen and oxygen atoms in total. The first-order valence-corrected chi connectivity index (χ1v) is 7.34. The van der Waals surface area contributed by atoms with Crippen molar-refractivity contribution in [1.29, 1.82) is 5.26 Å². The molecule has 1 aromatic carbocycles. The Kier molecular flexibility index (Phi) is 3.85. The van der Waals surface area contributed by atoms with Crippen LogP contribution >= 0.6 is 0 Å². The largest absolute Gasteiger partial charge is 0.461 e. The summed E-state index contributed by atoms with van der Waals surface area (Å²) in [7, 11) is 0. The Hall–Kier alpha value is -2.71. The average Bonchev–Trinajstić information content (AvgIpc) is 2.54. The number of hydrogen-bond donors (Lipinski definition) is 0. The van der Waals surface area contributed by atoms with Crippen LogP contribution in [-0.4, -0.2) is 17.0 Å². The molecule has 0 unspecified atom stereocenters. The summed E-state index contributed by atoms with van der Waals surface area (Å²) in [5, 5.41) is 8.81. The van der Waals surface area contributed by atoms with E-state index in [0.717, 1.165) is 28.3 Å². The van der Waals surface area contributed by atoms with Gasteiger partial charge in [0.1, 0.15) is 0 Å². The predicted molar refractivity (Wildman–Crippen MR) is 86.9 cm³/mol. The number of aryl methyl sites for hydroxylation is 1. The maximum Gasteiger partial charge on any atom is 0.205 e. The van der Waals surface area contributed by atoms with Gasteiger partial charge in [0, 0.05) is 37.4 Å². The zero-order valence-corrected chi connectivity index (χ0v) is 13.3. The third-order valence-corrected chi connectivity index (χ3v) is 3.61. The molecule has 3 rings (SSSR count). The molecule has 2 heterocycles. The Labute approximate surface area is 135 Å². The number of pyridine rings is 1. The number of aromatic nitrogens is 1. The Morgan fingerprint density at radius 2 is 2.04 bits per heavy atom. The van der Waals surface area contributed by atoms with Crippen LogP contribution in [0, 0.1) is 18.3 Å². The molecule has 0 bridgehead atoms. The van der Waals surface area contributed by atoms with E-state index in [1.165, 1.54) is 0 Å². The lowest BCUT2D eigenvalue weighted by atomic mass is 10.1. The van der Waals surface area contributed by atoms with Gasteiger partial charge in [-0.2, -0.15) is 5.26 Å². The summed E-state index contributed by atoms with van der Waals surface area (Å²) < 4.78 is 11.6. The van der Waals surface area contributed by atoms with Crippen molar-refractivity contribution >= 4 is 11.9 Å². The first kappa shape index (κ1) is 15.2. The van der Waals surface area contributed by atoms with Gasteiger partial charge in [0.15, 0.2) is 5.75 Å². The molecule has 2 aromatic rings. The molecule has 0 fully saturated rings.